The van der Waals surface area contributed by atoms with Crippen molar-refractivity contribution in [1.82, 2.24) is 20.3 Å². The number of nitrogens with one attached hydrogen (secondary N) is 1. The van der Waals surface area contributed by atoms with E-state index in [0.29, 0.717) is 30.3 Å². The normalized spacial score (nSPS) is 17.0. The molecule has 24 heavy (non-hydrogen) atoms. The number of hydrogen-bond acceptors (Lipinski definition) is 5. The number of carbonyl (C=O) groups excluding carboxylic acids is 1. The summed E-state index contributed by atoms with van der Waals surface area (Å²) in [6.45, 7) is 5.57. The molecular formula is C17H22N4O3. The zero-order valence-corrected chi connectivity index (χ0v) is 14.0. The molecule has 1 aliphatic rings. The molecule has 7 heteroatoms. The molecule has 1 amide bonds. The van der Waals surface area contributed by atoms with Crippen molar-refractivity contribution in [3.05, 3.63) is 35.7 Å². The fourth-order valence-electron chi connectivity index (χ4n) is 2.77. The maximum atomic E-state index is 12.4. The molecule has 1 aromatic carbocycles. The van der Waals surface area contributed by atoms with E-state index in [-0.39, 0.29) is 12.0 Å². The minimum Gasteiger partial charge on any atom is -0.492 e. The van der Waals surface area contributed by atoms with Gasteiger partial charge in [-0.25, -0.2) is 4.68 Å². The Labute approximate surface area is 141 Å². The van der Waals surface area contributed by atoms with E-state index in [0.717, 1.165) is 25.1 Å². The van der Waals surface area contributed by atoms with Crippen molar-refractivity contribution in [3.8, 4) is 11.4 Å². The van der Waals surface area contributed by atoms with Gasteiger partial charge in [-0.05, 0) is 38.8 Å². The average molecular weight is 330 g/mol. The standard InChI is InChI=1S/C17H22N4O3/c1-3-23-15-9-5-4-8-14(15)21-12(2)16(19-20-21)17(22)18-11-13-7-6-10-24-13/h4-5,8-9,13H,3,6-7,10-11H2,1-2H3,(H,18,22). The van der Waals surface area contributed by atoms with E-state index in [1.807, 2.05) is 38.1 Å². The SMILES string of the molecule is CCOc1ccccc1-n1nnc(C(=O)NCC2CCCO2)c1C. The van der Waals surface area contributed by atoms with Gasteiger partial charge in [0, 0.05) is 13.2 Å². The second-order valence-electron chi connectivity index (χ2n) is 5.68. The van der Waals surface area contributed by atoms with Crippen LogP contribution in [0.25, 0.3) is 5.69 Å². The second kappa shape index (κ2) is 7.44. The van der Waals surface area contributed by atoms with Crippen LogP contribution >= 0.6 is 0 Å². The van der Waals surface area contributed by atoms with Gasteiger partial charge in [-0.3, -0.25) is 4.79 Å². The number of rotatable bonds is 6. The molecule has 0 bridgehead atoms. The molecule has 128 valence electrons. The molecule has 0 spiro atoms. The zero-order chi connectivity index (χ0) is 16.9. The molecular weight excluding hydrogens is 308 g/mol. The number of amides is 1. The maximum Gasteiger partial charge on any atom is 0.273 e. The lowest BCUT2D eigenvalue weighted by atomic mass is 10.2. The molecule has 1 fully saturated rings. The van der Waals surface area contributed by atoms with Gasteiger partial charge in [0.1, 0.15) is 11.4 Å². The molecule has 1 aromatic heterocycles. The predicted octanol–water partition coefficient (Wildman–Crippen LogP) is 1.88. The highest BCUT2D eigenvalue weighted by atomic mass is 16.5. The van der Waals surface area contributed by atoms with Crippen molar-refractivity contribution in [2.75, 3.05) is 19.8 Å². The van der Waals surface area contributed by atoms with E-state index in [1.165, 1.54) is 0 Å². The van der Waals surface area contributed by atoms with Crippen molar-refractivity contribution in [3.63, 3.8) is 0 Å². The highest BCUT2D eigenvalue weighted by molar-refractivity contribution is 5.93. The van der Waals surface area contributed by atoms with Gasteiger partial charge in [-0.1, -0.05) is 17.3 Å². The molecule has 7 nitrogen and oxygen atoms in total. The molecule has 1 unspecified atom stereocenters. The monoisotopic (exact) mass is 330 g/mol. The van der Waals surface area contributed by atoms with E-state index >= 15 is 0 Å². The molecule has 1 atom stereocenters. The van der Waals surface area contributed by atoms with Crippen molar-refractivity contribution >= 4 is 5.91 Å². The first-order valence-electron chi connectivity index (χ1n) is 8.25. The van der Waals surface area contributed by atoms with Crippen molar-refractivity contribution in [2.45, 2.75) is 32.8 Å². The minimum atomic E-state index is -0.233. The summed E-state index contributed by atoms with van der Waals surface area (Å²) in [5.74, 6) is 0.474. The third-order valence-electron chi connectivity index (χ3n) is 4.02. The molecule has 2 heterocycles. The lowest BCUT2D eigenvalue weighted by Crippen LogP contribution is -2.32. The lowest BCUT2D eigenvalue weighted by Gasteiger charge is -2.11. The molecule has 1 saturated heterocycles. The zero-order valence-electron chi connectivity index (χ0n) is 14.0. The number of nitrogens with zero attached hydrogens (tertiary/aromatic N) is 3. The van der Waals surface area contributed by atoms with Gasteiger partial charge < -0.3 is 14.8 Å². The molecule has 2 aromatic rings. The quantitative estimate of drug-likeness (QED) is 0.875. The highest BCUT2D eigenvalue weighted by Crippen LogP contribution is 2.23. The summed E-state index contributed by atoms with van der Waals surface area (Å²) in [6, 6.07) is 7.56. The van der Waals surface area contributed by atoms with Crippen molar-refractivity contribution < 1.29 is 14.3 Å². The van der Waals surface area contributed by atoms with Gasteiger partial charge >= 0.3 is 0 Å². The van der Waals surface area contributed by atoms with Gasteiger partial charge in [0.25, 0.3) is 5.91 Å². The number of benzene rings is 1. The van der Waals surface area contributed by atoms with Crippen LogP contribution in [0.5, 0.6) is 5.75 Å². The second-order valence-corrected chi connectivity index (χ2v) is 5.68. The van der Waals surface area contributed by atoms with E-state index < -0.39 is 0 Å². The number of para-hydroxylation sites is 2. The largest absolute Gasteiger partial charge is 0.492 e. The van der Waals surface area contributed by atoms with Crippen LogP contribution in [0.2, 0.25) is 0 Å². The fraction of sp³-hybridized carbons (Fsp3) is 0.471. The Kier molecular flexibility index (Phi) is 5.10. The van der Waals surface area contributed by atoms with Crippen LogP contribution in [-0.2, 0) is 4.74 Å². The molecule has 3 rings (SSSR count). The van der Waals surface area contributed by atoms with E-state index in [2.05, 4.69) is 15.6 Å². The van der Waals surface area contributed by atoms with E-state index in [9.17, 15) is 4.79 Å². The Morgan fingerprint density at radius 1 is 1.46 bits per heavy atom. The predicted molar refractivity (Wildman–Crippen MR) is 88.6 cm³/mol. The summed E-state index contributed by atoms with van der Waals surface area (Å²) in [4.78, 5) is 12.4. The lowest BCUT2D eigenvalue weighted by molar-refractivity contribution is 0.0853. The van der Waals surface area contributed by atoms with Crippen LogP contribution in [0, 0.1) is 6.92 Å². The number of ether oxygens (including phenoxy) is 2. The summed E-state index contributed by atoms with van der Waals surface area (Å²) in [6.07, 6.45) is 2.13. The first kappa shape index (κ1) is 16.4. The van der Waals surface area contributed by atoms with Gasteiger partial charge in [0.05, 0.1) is 18.4 Å². The number of carbonyl (C=O) groups is 1. The molecule has 1 aliphatic heterocycles. The van der Waals surface area contributed by atoms with Gasteiger partial charge in [0.2, 0.25) is 0 Å². The van der Waals surface area contributed by atoms with Crippen LogP contribution in [0.15, 0.2) is 24.3 Å². The topological polar surface area (TPSA) is 78.3 Å². The Hall–Kier alpha value is -2.41. The Morgan fingerprint density at radius 3 is 3.04 bits per heavy atom. The highest BCUT2D eigenvalue weighted by Gasteiger charge is 2.21. The molecule has 0 saturated carbocycles. The Balaban J connectivity index is 1.77. The van der Waals surface area contributed by atoms with Crippen molar-refractivity contribution in [2.24, 2.45) is 0 Å². The van der Waals surface area contributed by atoms with E-state index in [1.54, 1.807) is 4.68 Å². The third kappa shape index (κ3) is 3.41. The van der Waals surface area contributed by atoms with Crippen LogP contribution in [0.4, 0.5) is 0 Å². The number of hydrogen-bond donors (Lipinski definition) is 1. The first-order valence-corrected chi connectivity index (χ1v) is 8.25. The number of aromatic nitrogens is 3. The van der Waals surface area contributed by atoms with Crippen LogP contribution in [0.3, 0.4) is 0 Å². The molecule has 1 N–H and O–H groups in total. The minimum absolute atomic E-state index is 0.1000. The summed E-state index contributed by atoms with van der Waals surface area (Å²) < 4.78 is 12.8. The van der Waals surface area contributed by atoms with Gasteiger partial charge in [-0.2, -0.15) is 0 Å². The van der Waals surface area contributed by atoms with Crippen LogP contribution in [-0.4, -0.2) is 46.8 Å². The summed E-state index contributed by atoms with van der Waals surface area (Å²) in [7, 11) is 0. The van der Waals surface area contributed by atoms with Gasteiger partial charge in [0.15, 0.2) is 5.69 Å². The summed E-state index contributed by atoms with van der Waals surface area (Å²) >= 11 is 0. The third-order valence-corrected chi connectivity index (χ3v) is 4.02. The molecule has 0 aliphatic carbocycles. The molecule has 0 radical (unpaired) electrons. The summed E-state index contributed by atoms with van der Waals surface area (Å²) in [5.41, 5.74) is 1.76. The Morgan fingerprint density at radius 2 is 2.29 bits per heavy atom. The van der Waals surface area contributed by atoms with Crippen LogP contribution in [0.1, 0.15) is 35.9 Å². The Bertz CT molecular complexity index is 708. The maximum absolute atomic E-state index is 12.4. The smallest absolute Gasteiger partial charge is 0.273 e. The average Bonchev–Trinajstić information content (AvgIpc) is 3.23. The van der Waals surface area contributed by atoms with E-state index in [4.69, 9.17) is 9.47 Å². The fourth-order valence-corrected chi connectivity index (χ4v) is 2.77. The van der Waals surface area contributed by atoms with Gasteiger partial charge in [-0.15, -0.1) is 5.10 Å². The van der Waals surface area contributed by atoms with Crippen molar-refractivity contribution in [1.29, 1.82) is 0 Å². The first-order chi connectivity index (χ1) is 11.7. The van der Waals surface area contributed by atoms with Crippen LogP contribution < -0.4 is 10.1 Å². The summed E-state index contributed by atoms with van der Waals surface area (Å²) in [5, 5.41) is 11.0.